The van der Waals surface area contributed by atoms with E-state index < -0.39 is 0 Å². The van der Waals surface area contributed by atoms with Crippen LogP contribution in [0.1, 0.15) is 35.5 Å². The molecule has 0 amide bonds. The fourth-order valence-electron chi connectivity index (χ4n) is 4.18. The fraction of sp³-hybridized carbons (Fsp3) is 0.391. The number of nitrogens with zero attached hydrogens (tertiary/aromatic N) is 5. The molecule has 10 heteroatoms. The quantitative estimate of drug-likeness (QED) is 0.406. The largest absolute Gasteiger partial charge is 0.495 e. The third-order valence-corrected chi connectivity index (χ3v) is 8.05. The minimum Gasteiger partial charge on any atom is -0.495 e. The number of methoxy groups -OCH3 is 1. The molecule has 172 valence electrons. The lowest BCUT2D eigenvalue weighted by molar-refractivity contribution is 0.412. The van der Waals surface area contributed by atoms with Crippen LogP contribution in [0.25, 0.3) is 15.9 Å². The van der Waals surface area contributed by atoms with Gasteiger partial charge in [0.15, 0.2) is 5.16 Å². The van der Waals surface area contributed by atoms with Gasteiger partial charge >= 0.3 is 0 Å². The van der Waals surface area contributed by atoms with Crippen molar-refractivity contribution in [2.24, 2.45) is 0 Å². The van der Waals surface area contributed by atoms with Crippen molar-refractivity contribution < 1.29 is 4.74 Å². The molecule has 8 nitrogen and oxygen atoms in total. The number of thiophene rings is 1. The van der Waals surface area contributed by atoms with E-state index in [1.165, 1.54) is 18.2 Å². The van der Waals surface area contributed by atoms with Crippen LogP contribution in [-0.2, 0) is 5.75 Å². The Morgan fingerprint density at radius 3 is 2.73 bits per heavy atom. The van der Waals surface area contributed by atoms with Gasteiger partial charge in [-0.3, -0.25) is 9.36 Å². The maximum atomic E-state index is 12.7. The molecule has 4 aromatic rings. The Bertz CT molecular complexity index is 1350. The summed E-state index contributed by atoms with van der Waals surface area (Å²) in [6.45, 7) is 5.91. The van der Waals surface area contributed by atoms with E-state index in [9.17, 15) is 4.79 Å². The summed E-state index contributed by atoms with van der Waals surface area (Å²) in [5.41, 5.74) is 1.82. The van der Waals surface area contributed by atoms with E-state index in [0.717, 1.165) is 63.7 Å². The van der Waals surface area contributed by atoms with Gasteiger partial charge in [0, 0.05) is 18.0 Å². The minimum absolute atomic E-state index is 0.0855. The monoisotopic (exact) mass is 482 g/mol. The summed E-state index contributed by atoms with van der Waals surface area (Å²) < 4.78 is 7.70. The van der Waals surface area contributed by atoms with Crippen molar-refractivity contribution in [1.29, 1.82) is 0 Å². The van der Waals surface area contributed by atoms with Crippen molar-refractivity contribution >= 4 is 39.3 Å². The summed E-state index contributed by atoms with van der Waals surface area (Å²) in [5, 5.41) is 10.5. The Labute approximate surface area is 200 Å². The van der Waals surface area contributed by atoms with E-state index >= 15 is 0 Å². The minimum atomic E-state index is -0.0855. The van der Waals surface area contributed by atoms with Crippen LogP contribution < -0.4 is 15.2 Å². The number of aryl methyl sites for hydroxylation is 2. The number of anilines is 1. The highest BCUT2D eigenvalue weighted by Gasteiger charge is 2.23. The van der Waals surface area contributed by atoms with Crippen molar-refractivity contribution in [3.63, 3.8) is 0 Å². The number of hydrogen-bond acceptors (Lipinski definition) is 8. The Kier molecular flexibility index (Phi) is 6.11. The lowest BCUT2D eigenvalue weighted by atomic mass is 10.1. The predicted octanol–water partition coefficient (Wildman–Crippen LogP) is 4.47. The van der Waals surface area contributed by atoms with Crippen LogP contribution >= 0.6 is 23.1 Å². The normalized spacial score (nSPS) is 14.2. The summed E-state index contributed by atoms with van der Waals surface area (Å²) in [5.74, 6) is 2.69. The number of H-pyrrole nitrogens is 1. The SMILES string of the molecule is COc1ccccc1-n1c(SCc2nc3sc(C)c(C)c3c(=O)[nH]2)nnc1N1CCCCC1. The second-order valence-corrected chi connectivity index (χ2v) is 10.2. The first-order valence-corrected chi connectivity index (χ1v) is 12.8. The van der Waals surface area contributed by atoms with Crippen molar-refractivity contribution in [2.75, 3.05) is 25.1 Å². The van der Waals surface area contributed by atoms with E-state index in [1.807, 2.05) is 38.1 Å². The zero-order valence-electron chi connectivity index (χ0n) is 18.9. The van der Waals surface area contributed by atoms with Crippen LogP contribution in [0.3, 0.4) is 0 Å². The number of rotatable bonds is 6. The van der Waals surface area contributed by atoms with Gasteiger partial charge in [0.05, 0.1) is 23.9 Å². The van der Waals surface area contributed by atoms with Gasteiger partial charge in [0.1, 0.15) is 16.4 Å². The molecule has 3 aromatic heterocycles. The van der Waals surface area contributed by atoms with E-state index in [-0.39, 0.29) is 5.56 Å². The number of thioether (sulfide) groups is 1. The molecule has 0 aliphatic carbocycles. The van der Waals surface area contributed by atoms with Gasteiger partial charge in [-0.15, -0.1) is 21.5 Å². The van der Waals surface area contributed by atoms with Crippen LogP contribution in [0.4, 0.5) is 5.95 Å². The molecule has 0 atom stereocenters. The predicted molar refractivity (Wildman–Crippen MR) is 133 cm³/mol. The molecule has 33 heavy (non-hydrogen) atoms. The number of ether oxygens (including phenoxy) is 1. The Morgan fingerprint density at radius 1 is 1.15 bits per heavy atom. The topological polar surface area (TPSA) is 88.9 Å². The molecule has 1 N–H and O–H groups in total. The van der Waals surface area contributed by atoms with Crippen molar-refractivity contribution in [3.8, 4) is 11.4 Å². The summed E-state index contributed by atoms with van der Waals surface area (Å²) in [7, 11) is 1.67. The lowest BCUT2D eigenvalue weighted by Gasteiger charge is -2.28. The first-order valence-electron chi connectivity index (χ1n) is 11.0. The van der Waals surface area contributed by atoms with Gasteiger partial charge < -0.3 is 14.6 Å². The number of aromatic nitrogens is 5. The average molecular weight is 483 g/mol. The summed E-state index contributed by atoms with van der Waals surface area (Å²) in [6, 6.07) is 7.90. The highest BCUT2D eigenvalue weighted by molar-refractivity contribution is 7.98. The zero-order chi connectivity index (χ0) is 22.9. The van der Waals surface area contributed by atoms with Gasteiger partial charge in [0.25, 0.3) is 5.56 Å². The molecule has 1 aliphatic heterocycles. The number of hydrogen-bond donors (Lipinski definition) is 1. The second kappa shape index (κ2) is 9.18. The standard InChI is InChI=1S/C23H26N6O2S2/c1-14-15(2)33-21-19(14)20(30)24-18(25-21)13-32-23-27-26-22(28-11-7-4-8-12-28)29(23)16-9-5-6-10-17(16)31-3/h5-6,9-10H,4,7-8,11-13H2,1-3H3,(H,24,25,30). The number of fused-ring (bicyclic) bond motifs is 1. The molecule has 5 rings (SSSR count). The van der Waals surface area contributed by atoms with Gasteiger partial charge in [0.2, 0.25) is 5.95 Å². The molecule has 0 saturated carbocycles. The van der Waals surface area contributed by atoms with E-state index in [2.05, 4.69) is 24.6 Å². The molecule has 0 spiro atoms. The number of nitrogens with one attached hydrogen (secondary N) is 1. The van der Waals surface area contributed by atoms with Crippen LogP contribution in [0, 0.1) is 13.8 Å². The molecule has 0 radical (unpaired) electrons. The van der Waals surface area contributed by atoms with Crippen molar-refractivity contribution in [1.82, 2.24) is 24.7 Å². The summed E-state index contributed by atoms with van der Waals surface area (Å²) in [4.78, 5) is 24.5. The first kappa shape index (κ1) is 22.0. The fourth-order valence-corrected chi connectivity index (χ4v) is 6.04. The molecule has 1 aliphatic rings. The average Bonchev–Trinajstić information content (AvgIpc) is 3.38. The third kappa shape index (κ3) is 4.13. The third-order valence-electron chi connectivity index (χ3n) is 6.01. The maximum Gasteiger partial charge on any atom is 0.259 e. The number of aromatic amines is 1. The second-order valence-electron chi connectivity index (χ2n) is 8.10. The smallest absolute Gasteiger partial charge is 0.259 e. The zero-order valence-corrected chi connectivity index (χ0v) is 20.6. The number of para-hydroxylation sites is 2. The lowest BCUT2D eigenvalue weighted by Crippen LogP contribution is -2.31. The van der Waals surface area contributed by atoms with E-state index in [4.69, 9.17) is 9.72 Å². The highest BCUT2D eigenvalue weighted by Crippen LogP contribution is 2.34. The number of piperidine rings is 1. The molecular weight excluding hydrogens is 456 g/mol. The Balaban J connectivity index is 1.51. The summed E-state index contributed by atoms with van der Waals surface area (Å²) >= 11 is 3.07. The molecule has 1 fully saturated rings. The van der Waals surface area contributed by atoms with Gasteiger partial charge in [-0.05, 0) is 50.8 Å². The Hall–Kier alpha value is -2.85. The molecule has 1 saturated heterocycles. The van der Waals surface area contributed by atoms with Crippen molar-refractivity contribution in [2.45, 2.75) is 44.0 Å². The van der Waals surface area contributed by atoms with Crippen molar-refractivity contribution in [3.05, 3.63) is 50.9 Å². The molecule has 0 unspecified atom stereocenters. The number of benzene rings is 1. The van der Waals surface area contributed by atoms with Crippen LogP contribution in [-0.4, -0.2) is 44.9 Å². The Morgan fingerprint density at radius 2 is 1.94 bits per heavy atom. The van der Waals surface area contributed by atoms with Gasteiger partial charge in [-0.25, -0.2) is 4.98 Å². The molecule has 4 heterocycles. The van der Waals surface area contributed by atoms with Crippen LogP contribution in [0.2, 0.25) is 0 Å². The maximum absolute atomic E-state index is 12.7. The van der Waals surface area contributed by atoms with Gasteiger partial charge in [-0.1, -0.05) is 23.9 Å². The van der Waals surface area contributed by atoms with Crippen LogP contribution in [0.5, 0.6) is 5.75 Å². The molecule has 1 aromatic carbocycles. The van der Waals surface area contributed by atoms with Crippen LogP contribution in [0.15, 0.2) is 34.2 Å². The summed E-state index contributed by atoms with van der Waals surface area (Å²) in [6.07, 6.45) is 3.53. The van der Waals surface area contributed by atoms with E-state index in [1.54, 1.807) is 18.4 Å². The highest BCUT2D eigenvalue weighted by atomic mass is 32.2. The molecule has 0 bridgehead atoms. The molecular formula is C23H26N6O2S2. The van der Waals surface area contributed by atoms with E-state index in [0.29, 0.717) is 17.0 Å². The van der Waals surface area contributed by atoms with Gasteiger partial charge in [-0.2, -0.15) is 0 Å². The first-order chi connectivity index (χ1) is 16.1.